The van der Waals surface area contributed by atoms with Crippen LogP contribution in [-0.2, 0) is 11.3 Å². The van der Waals surface area contributed by atoms with E-state index in [4.69, 9.17) is 5.73 Å². The van der Waals surface area contributed by atoms with Crippen molar-refractivity contribution in [2.24, 2.45) is 0 Å². The van der Waals surface area contributed by atoms with Crippen molar-refractivity contribution in [1.82, 2.24) is 15.0 Å². The molecular weight excluding hydrogens is 246 g/mol. The number of nitrogen functional groups attached to an aromatic ring is 1. The van der Waals surface area contributed by atoms with Crippen molar-refractivity contribution in [2.75, 3.05) is 18.2 Å². The molecule has 2 heterocycles. The third kappa shape index (κ3) is 3.15. The van der Waals surface area contributed by atoms with Gasteiger partial charge in [-0.3, -0.25) is 0 Å². The van der Waals surface area contributed by atoms with Gasteiger partial charge in [0, 0.05) is 6.20 Å². The van der Waals surface area contributed by atoms with Gasteiger partial charge < -0.3 is 15.8 Å². The zero-order chi connectivity index (χ0) is 13.7. The summed E-state index contributed by atoms with van der Waals surface area (Å²) in [6, 6.07) is 4.88. The van der Waals surface area contributed by atoms with Gasteiger partial charge in [0.1, 0.15) is 6.33 Å². The van der Waals surface area contributed by atoms with Crippen molar-refractivity contribution < 1.29 is 9.53 Å². The fourth-order valence-electron chi connectivity index (χ4n) is 1.43. The van der Waals surface area contributed by atoms with Crippen LogP contribution >= 0.6 is 0 Å². The zero-order valence-electron chi connectivity index (χ0n) is 10.3. The maximum atomic E-state index is 11.4. The Balaban J connectivity index is 2.13. The molecule has 0 saturated heterocycles. The highest BCUT2D eigenvalue weighted by Crippen LogP contribution is 2.16. The van der Waals surface area contributed by atoms with Gasteiger partial charge in [0.05, 0.1) is 25.0 Å². The molecule has 0 unspecified atom stereocenters. The number of pyridine rings is 1. The second-order valence-corrected chi connectivity index (χ2v) is 3.68. The molecule has 98 valence electrons. The average Bonchev–Trinajstić information content (AvgIpc) is 2.46. The van der Waals surface area contributed by atoms with E-state index in [1.54, 1.807) is 18.3 Å². The van der Waals surface area contributed by atoms with Crippen LogP contribution in [-0.4, -0.2) is 28.0 Å². The van der Waals surface area contributed by atoms with Crippen LogP contribution in [0.2, 0.25) is 0 Å². The fourth-order valence-corrected chi connectivity index (χ4v) is 1.43. The van der Waals surface area contributed by atoms with Gasteiger partial charge in [0.15, 0.2) is 11.5 Å². The van der Waals surface area contributed by atoms with Crippen LogP contribution in [0, 0.1) is 0 Å². The number of nitrogens with one attached hydrogen (secondary N) is 1. The lowest BCUT2D eigenvalue weighted by Crippen LogP contribution is -2.10. The van der Waals surface area contributed by atoms with Gasteiger partial charge >= 0.3 is 5.97 Å². The molecule has 0 saturated carbocycles. The highest BCUT2D eigenvalue weighted by molar-refractivity contribution is 5.88. The quantitative estimate of drug-likeness (QED) is 0.784. The number of esters is 1. The molecule has 0 aromatic carbocycles. The minimum Gasteiger partial charge on any atom is -0.464 e. The summed E-state index contributed by atoms with van der Waals surface area (Å²) in [5.74, 6) is -0.0911. The second kappa shape index (κ2) is 5.76. The van der Waals surface area contributed by atoms with Gasteiger partial charge in [-0.15, -0.1) is 0 Å². The summed E-state index contributed by atoms with van der Waals surface area (Å²) in [7, 11) is 1.30. The molecule has 0 bridgehead atoms. The average molecular weight is 259 g/mol. The van der Waals surface area contributed by atoms with E-state index in [-0.39, 0.29) is 5.69 Å². The van der Waals surface area contributed by atoms with Crippen molar-refractivity contribution in [3.63, 3.8) is 0 Å². The summed E-state index contributed by atoms with van der Waals surface area (Å²) in [6.45, 7) is 0.435. The molecule has 2 aromatic heterocycles. The first-order valence-corrected chi connectivity index (χ1v) is 5.54. The number of aromatic nitrogens is 3. The zero-order valence-corrected chi connectivity index (χ0v) is 10.3. The number of nitrogens with two attached hydrogens (primary N) is 1. The fraction of sp³-hybridized carbons (Fsp3) is 0.167. The van der Waals surface area contributed by atoms with Crippen LogP contribution in [0.4, 0.5) is 11.5 Å². The smallest absolute Gasteiger partial charge is 0.356 e. The normalized spacial score (nSPS) is 9.95. The van der Waals surface area contributed by atoms with E-state index in [9.17, 15) is 4.79 Å². The summed E-state index contributed by atoms with van der Waals surface area (Å²) in [5.41, 5.74) is 7.22. The Hall–Kier alpha value is -2.70. The lowest BCUT2D eigenvalue weighted by atomic mass is 10.3. The lowest BCUT2D eigenvalue weighted by molar-refractivity contribution is 0.0594. The number of nitrogens with zero attached hydrogens (tertiary/aromatic N) is 3. The Bertz CT molecular complexity index is 574. The summed E-state index contributed by atoms with van der Waals surface area (Å²) in [6.07, 6.45) is 3.10. The Morgan fingerprint density at radius 1 is 1.42 bits per heavy atom. The SMILES string of the molecule is COC(=O)c1ccc(N)c(NCc2ccncn2)n1. The van der Waals surface area contributed by atoms with Crippen LogP contribution in [0.3, 0.4) is 0 Å². The third-order valence-electron chi connectivity index (χ3n) is 2.40. The number of anilines is 2. The topological polar surface area (TPSA) is 103 Å². The largest absolute Gasteiger partial charge is 0.464 e. The van der Waals surface area contributed by atoms with E-state index in [0.717, 1.165) is 5.69 Å². The van der Waals surface area contributed by atoms with Gasteiger partial charge in [-0.1, -0.05) is 0 Å². The van der Waals surface area contributed by atoms with E-state index in [2.05, 4.69) is 25.0 Å². The molecule has 19 heavy (non-hydrogen) atoms. The Morgan fingerprint density at radius 3 is 2.95 bits per heavy atom. The molecule has 0 aliphatic carbocycles. The Kier molecular flexibility index (Phi) is 3.87. The molecule has 0 aliphatic heterocycles. The van der Waals surface area contributed by atoms with E-state index in [0.29, 0.717) is 18.1 Å². The van der Waals surface area contributed by atoms with E-state index in [1.807, 2.05) is 0 Å². The first-order chi connectivity index (χ1) is 9.20. The number of rotatable bonds is 4. The Labute approximate surface area is 109 Å². The van der Waals surface area contributed by atoms with Crippen LogP contribution in [0.1, 0.15) is 16.2 Å². The minimum absolute atomic E-state index is 0.196. The summed E-state index contributed by atoms with van der Waals surface area (Å²) >= 11 is 0. The summed E-state index contributed by atoms with van der Waals surface area (Å²) in [4.78, 5) is 23.4. The van der Waals surface area contributed by atoms with Gasteiger partial charge in [-0.25, -0.2) is 19.7 Å². The molecular formula is C12H13N5O2. The second-order valence-electron chi connectivity index (χ2n) is 3.68. The maximum absolute atomic E-state index is 11.4. The third-order valence-corrected chi connectivity index (χ3v) is 2.40. The van der Waals surface area contributed by atoms with Crippen LogP contribution < -0.4 is 11.1 Å². The molecule has 0 amide bonds. The number of hydrogen-bond acceptors (Lipinski definition) is 7. The van der Waals surface area contributed by atoms with Gasteiger partial charge in [-0.05, 0) is 18.2 Å². The highest BCUT2D eigenvalue weighted by Gasteiger charge is 2.10. The molecule has 7 nitrogen and oxygen atoms in total. The molecule has 0 aliphatic rings. The van der Waals surface area contributed by atoms with E-state index < -0.39 is 5.97 Å². The molecule has 2 aromatic rings. The van der Waals surface area contributed by atoms with E-state index in [1.165, 1.54) is 19.5 Å². The van der Waals surface area contributed by atoms with Gasteiger partial charge in [-0.2, -0.15) is 0 Å². The van der Waals surface area contributed by atoms with Gasteiger partial charge in [0.2, 0.25) is 0 Å². The molecule has 0 radical (unpaired) electrons. The number of carbonyl (C=O) groups is 1. The van der Waals surface area contributed by atoms with Crippen molar-refractivity contribution in [1.29, 1.82) is 0 Å². The summed E-state index contributed by atoms with van der Waals surface area (Å²) < 4.78 is 4.60. The molecule has 7 heteroatoms. The van der Waals surface area contributed by atoms with Crippen molar-refractivity contribution in [2.45, 2.75) is 6.54 Å². The molecule has 0 fully saturated rings. The maximum Gasteiger partial charge on any atom is 0.356 e. The predicted molar refractivity (Wildman–Crippen MR) is 69.3 cm³/mol. The predicted octanol–water partition coefficient (Wildman–Crippen LogP) is 0.852. The van der Waals surface area contributed by atoms with Crippen molar-refractivity contribution in [3.05, 3.63) is 42.1 Å². The number of ether oxygens (including phenoxy) is 1. The standard InChI is InChI=1S/C12H13N5O2/c1-19-12(18)10-3-2-9(13)11(17-10)15-6-8-4-5-14-7-16-8/h2-5,7H,6,13H2,1H3,(H,15,17). The highest BCUT2D eigenvalue weighted by atomic mass is 16.5. The first kappa shape index (κ1) is 12.7. The minimum atomic E-state index is -0.509. The Morgan fingerprint density at radius 2 is 2.26 bits per heavy atom. The molecule has 0 spiro atoms. The summed E-state index contributed by atoms with van der Waals surface area (Å²) in [5, 5.41) is 3.01. The van der Waals surface area contributed by atoms with Crippen LogP contribution in [0.5, 0.6) is 0 Å². The number of carbonyl (C=O) groups excluding carboxylic acids is 1. The molecule has 0 atom stereocenters. The van der Waals surface area contributed by atoms with Crippen molar-refractivity contribution in [3.8, 4) is 0 Å². The van der Waals surface area contributed by atoms with Crippen LogP contribution in [0.25, 0.3) is 0 Å². The van der Waals surface area contributed by atoms with Crippen LogP contribution in [0.15, 0.2) is 30.7 Å². The monoisotopic (exact) mass is 259 g/mol. The number of hydrogen-bond donors (Lipinski definition) is 2. The van der Waals surface area contributed by atoms with Gasteiger partial charge in [0.25, 0.3) is 0 Å². The number of methoxy groups -OCH3 is 1. The van der Waals surface area contributed by atoms with Crippen molar-refractivity contribution >= 4 is 17.5 Å². The lowest BCUT2D eigenvalue weighted by Gasteiger charge is -2.09. The molecule has 2 rings (SSSR count). The van der Waals surface area contributed by atoms with E-state index >= 15 is 0 Å². The first-order valence-electron chi connectivity index (χ1n) is 5.54. The molecule has 3 N–H and O–H groups in total.